The van der Waals surface area contributed by atoms with E-state index in [0.717, 1.165) is 32.2 Å². The predicted molar refractivity (Wildman–Crippen MR) is 121 cm³/mol. The van der Waals surface area contributed by atoms with Crippen LogP contribution in [0.15, 0.2) is 24.3 Å². The van der Waals surface area contributed by atoms with Crippen LogP contribution in [0.3, 0.4) is 0 Å². The molecular weight excluding hydrogens is 381 g/mol. The molecule has 1 aliphatic carbocycles. The summed E-state index contributed by atoms with van der Waals surface area (Å²) in [5, 5.41) is 14.0. The van der Waals surface area contributed by atoms with E-state index in [1.165, 1.54) is 17.7 Å². The van der Waals surface area contributed by atoms with Crippen molar-refractivity contribution < 1.29 is 19.0 Å². The quantitative estimate of drug-likeness (QED) is 0.575. The lowest BCUT2D eigenvalue weighted by atomic mass is 9.72. The van der Waals surface area contributed by atoms with Gasteiger partial charge in [0.2, 0.25) is 0 Å². The molecule has 2 N–H and O–H groups in total. The van der Waals surface area contributed by atoms with E-state index in [4.69, 9.17) is 4.74 Å². The number of hydrogen-bond acceptors (Lipinski definition) is 4. The van der Waals surface area contributed by atoms with E-state index in [-0.39, 0.29) is 17.8 Å². The van der Waals surface area contributed by atoms with Crippen molar-refractivity contribution in [3.8, 4) is 0 Å². The third-order valence-corrected chi connectivity index (χ3v) is 5.61. The molecule has 172 valence electrons. The molecule has 0 aromatic heterocycles. The zero-order valence-corrected chi connectivity index (χ0v) is 20.0. The fraction of sp³-hybridized carbons (Fsp3) is 0.720. The monoisotopic (exact) mass is 423 g/mol. The molecule has 30 heavy (non-hydrogen) atoms. The first-order valence-electron chi connectivity index (χ1n) is 11.3. The zero-order chi connectivity index (χ0) is 23.0. The molecule has 1 aromatic rings. The van der Waals surface area contributed by atoms with E-state index < -0.39 is 16.6 Å². The molecule has 0 radical (unpaired) electrons. The van der Waals surface area contributed by atoms with Crippen LogP contribution in [0, 0.1) is 11.2 Å². The standard InChI is InChI=1S/C16H31NO3.C9H11F/c1-7-10-17-12-8-9-16(11-12,15(5,6)19)13(18)20-14(2,3)4;1-2-3-8-4-6-9(10)7-5-8/h12,17,19H,7-11H2,1-6H3;4-7H,2-3H2,1H3. The number of benzene rings is 1. The van der Waals surface area contributed by atoms with Crippen molar-refractivity contribution in [2.75, 3.05) is 6.54 Å². The lowest BCUT2D eigenvalue weighted by Gasteiger charge is -2.40. The molecule has 1 fully saturated rings. The molecule has 0 bridgehead atoms. The van der Waals surface area contributed by atoms with Gasteiger partial charge in [0.05, 0.1) is 11.0 Å². The highest BCUT2D eigenvalue weighted by molar-refractivity contribution is 5.79. The van der Waals surface area contributed by atoms with Gasteiger partial charge in [0.15, 0.2) is 0 Å². The summed E-state index contributed by atoms with van der Waals surface area (Å²) in [5.74, 6) is -0.418. The summed E-state index contributed by atoms with van der Waals surface area (Å²) in [6.07, 6.45) is 5.45. The highest BCUT2D eigenvalue weighted by Crippen LogP contribution is 2.48. The largest absolute Gasteiger partial charge is 0.459 e. The SMILES string of the molecule is CCCNC1CCC(C(=O)OC(C)(C)C)(C(C)(C)O)C1.CCCc1ccc(F)cc1. The Morgan fingerprint density at radius 3 is 2.23 bits per heavy atom. The van der Waals surface area contributed by atoms with Crippen LogP contribution >= 0.6 is 0 Å². The van der Waals surface area contributed by atoms with E-state index in [1.54, 1.807) is 13.8 Å². The van der Waals surface area contributed by atoms with Gasteiger partial charge >= 0.3 is 5.97 Å². The number of aryl methyl sites for hydroxylation is 1. The number of ether oxygens (including phenoxy) is 1. The van der Waals surface area contributed by atoms with Crippen LogP contribution in [0.25, 0.3) is 0 Å². The van der Waals surface area contributed by atoms with Crippen molar-refractivity contribution in [3.63, 3.8) is 0 Å². The van der Waals surface area contributed by atoms with Gasteiger partial charge in [-0.2, -0.15) is 0 Å². The Kier molecular flexibility index (Phi) is 9.96. The van der Waals surface area contributed by atoms with Crippen molar-refractivity contribution >= 4 is 5.97 Å². The van der Waals surface area contributed by atoms with Gasteiger partial charge in [-0.05, 0) is 91.0 Å². The van der Waals surface area contributed by atoms with E-state index in [1.807, 2.05) is 32.9 Å². The van der Waals surface area contributed by atoms with Gasteiger partial charge in [-0.15, -0.1) is 0 Å². The third kappa shape index (κ3) is 7.99. The van der Waals surface area contributed by atoms with Gasteiger partial charge in [0.1, 0.15) is 11.4 Å². The van der Waals surface area contributed by atoms with Crippen molar-refractivity contribution in [1.82, 2.24) is 5.32 Å². The summed E-state index contributed by atoms with van der Waals surface area (Å²) in [5.41, 5.74) is -1.18. The Hall–Kier alpha value is -1.46. The smallest absolute Gasteiger partial charge is 0.315 e. The fourth-order valence-corrected chi connectivity index (χ4v) is 3.87. The number of nitrogens with one attached hydrogen (secondary N) is 1. The molecule has 0 spiro atoms. The summed E-state index contributed by atoms with van der Waals surface area (Å²) in [6, 6.07) is 6.96. The Morgan fingerprint density at radius 2 is 1.77 bits per heavy atom. The highest BCUT2D eigenvalue weighted by atomic mass is 19.1. The molecule has 0 heterocycles. The number of hydrogen-bond donors (Lipinski definition) is 2. The van der Waals surface area contributed by atoms with E-state index in [2.05, 4.69) is 19.2 Å². The maximum absolute atomic E-state index is 12.6. The molecular formula is C25H42FNO3. The van der Waals surface area contributed by atoms with Crippen LogP contribution in [-0.2, 0) is 16.0 Å². The maximum Gasteiger partial charge on any atom is 0.315 e. The normalized spacial score (nSPS) is 21.7. The maximum atomic E-state index is 12.6. The van der Waals surface area contributed by atoms with Crippen LogP contribution in [0.2, 0.25) is 0 Å². The molecule has 0 aliphatic heterocycles. The summed E-state index contributed by atoms with van der Waals surface area (Å²) < 4.78 is 17.9. The summed E-state index contributed by atoms with van der Waals surface area (Å²) >= 11 is 0. The summed E-state index contributed by atoms with van der Waals surface area (Å²) in [4.78, 5) is 12.6. The molecule has 0 saturated heterocycles. The Balaban J connectivity index is 0.000000375. The van der Waals surface area contributed by atoms with Crippen molar-refractivity contribution in [3.05, 3.63) is 35.6 Å². The number of esters is 1. The lowest BCUT2D eigenvalue weighted by molar-refractivity contribution is -0.183. The van der Waals surface area contributed by atoms with E-state index in [0.29, 0.717) is 12.8 Å². The molecule has 5 heteroatoms. The fourth-order valence-electron chi connectivity index (χ4n) is 3.87. The van der Waals surface area contributed by atoms with Gasteiger partial charge < -0.3 is 15.2 Å². The van der Waals surface area contributed by atoms with Crippen LogP contribution in [-0.4, -0.2) is 34.9 Å². The van der Waals surface area contributed by atoms with Gasteiger partial charge in [-0.3, -0.25) is 4.79 Å². The molecule has 1 aliphatic rings. The number of carbonyl (C=O) groups is 1. The topological polar surface area (TPSA) is 58.6 Å². The van der Waals surface area contributed by atoms with Gasteiger partial charge in [-0.25, -0.2) is 4.39 Å². The predicted octanol–water partition coefficient (Wildman–Crippen LogP) is 5.42. The number of halogens is 1. The van der Waals surface area contributed by atoms with Crippen LogP contribution in [0.5, 0.6) is 0 Å². The van der Waals surface area contributed by atoms with Crippen molar-refractivity contribution in [2.24, 2.45) is 5.41 Å². The summed E-state index contributed by atoms with van der Waals surface area (Å²) in [7, 11) is 0. The minimum Gasteiger partial charge on any atom is -0.459 e. The molecule has 2 atom stereocenters. The number of rotatable bonds is 7. The van der Waals surface area contributed by atoms with Crippen molar-refractivity contribution in [1.29, 1.82) is 0 Å². The van der Waals surface area contributed by atoms with Crippen LogP contribution in [0.1, 0.15) is 86.1 Å². The van der Waals surface area contributed by atoms with Gasteiger partial charge in [0.25, 0.3) is 0 Å². The molecule has 2 rings (SSSR count). The Labute approximate surface area is 182 Å². The minimum absolute atomic E-state index is 0.153. The van der Waals surface area contributed by atoms with E-state index >= 15 is 0 Å². The van der Waals surface area contributed by atoms with Crippen LogP contribution in [0.4, 0.5) is 4.39 Å². The average molecular weight is 424 g/mol. The second-order valence-corrected chi connectivity index (χ2v) is 9.91. The average Bonchev–Trinajstić information content (AvgIpc) is 3.07. The molecule has 1 saturated carbocycles. The first-order chi connectivity index (χ1) is 13.8. The lowest BCUT2D eigenvalue weighted by Crippen LogP contribution is -2.51. The molecule has 0 amide bonds. The summed E-state index contributed by atoms with van der Waals surface area (Å²) in [6.45, 7) is 14.2. The molecule has 1 aromatic carbocycles. The number of aliphatic hydroxyl groups is 1. The molecule has 4 nitrogen and oxygen atoms in total. The van der Waals surface area contributed by atoms with Crippen molar-refractivity contribution in [2.45, 2.75) is 104 Å². The zero-order valence-electron chi connectivity index (χ0n) is 20.0. The Bertz CT molecular complexity index is 646. The van der Waals surface area contributed by atoms with Gasteiger partial charge in [-0.1, -0.05) is 32.4 Å². The van der Waals surface area contributed by atoms with E-state index in [9.17, 15) is 14.3 Å². The minimum atomic E-state index is -1.07. The first-order valence-corrected chi connectivity index (χ1v) is 11.3. The first kappa shape index (κ1) is 26.6. The Morgan fingerprint density at radius 1 is 1.17 bits per heavy atom. The second kappa shape index (κ2) is 11.2. The van der Waals surface area contributed by atoms with Crippen LogP contribution < -0.4 is 5.32 Å². The molecule has 2 unspecified atom stereocenters. The van der Waals surface area contributed by atoms with Gasteiger partial charge in [0, 0.05) is 6.04 Å². The number of carbonyl (C=O) groups excluding carboxylic acids is 1. The second-order valence-electron chi connectivity index (χ2n) is 9.91. The third-order valence-electron chi connectivity index (χ3n) is 5.61. The highest BCUT2D eigenvalue weighted by Gasteiger charge is 2.56.